The summed E-state index contributed by atoms with van der Waals surface area (Å²) < 4.78 is 0. The van der Waals surface area contributed by atoms with E-state index in [0.29, 0.717) is 0 Å². The van der Waals surface area contributed by atoms with Crippen LogP contribution < -0.4 is 0 Å². The minimum atomic E-state index is 0.934. The molecule has 0 saturated carbocycles. The molecule has 0 N–H and O–H groups in total. The molecular weight excluding hydrogens is 440 g/mol. The van der Waals surface area contributed by atoms with E-state index in [9.17, 15) is 0 Å². The van der Waals surface area contributed by atoms with E-state index in [2.05, 4.69) is 79.7 Å². The summed E-state index contributed by atoms with van der Waals surface area (Å²) in [5.41, 5.74) is 18.2. The molecule has 0 atom stereocenters. The summed E-state index contributed by atoms with van der Waals surface area (Å²) >= 11 is 0. The molecule has 5 aliphatic rings. The number of hydrogen-bond donors (Lipinski definition) is 0. The van der Waals surface area contributed by atoms with Crippen LogP contribution in [0.15, 0.2) is 112 Å². The van der Waals surface area contributed by atoms with Crippen LogP contribution >= 0.6 is 0 Å². The second kappa shape index (κ2) is 9.24. The van der Waals surface area contributed by atoms with Crippen LogP contribution in [0.5, 0.6) is 0 Å². The Kier molecular flexibility index (Phi) is 6.23. The van der Waals surface area contributed by atoms with E-state index in [1.165, 1.54) is 44.6 Å². The van der Waals surface area contributed by atoms with Gasteiger partial charge in [0.2, 0.25) is 0 Å². The van der Waals surface area contributed by atoms with Crippen molar-refractivity contribution in [3.05, 3.63) is 91.7 Å². The zero-order valence-electron chi connectivity index (χ0n) is 22.9. The third kappa shape index (κ3) is 3.75. The Morgan fingerprint density at radius 1 is 0.389 bits per heavy atom. The molecule has 0 aromatic rings. The predicted octanol–water partition coefficient (Wildman–Crippen LogP) is 8.26. The van der Waals surface area contributed by atoms with Gasteiger partial charge in [-0.1, -0.05) is 27.7 Å². The molecular formula is C32H36N4. The summed E-state index contributed by atoms with van der Waals surface area (Å²) in [5.74, 6) is 0. The minimum absolute atomic E-state index is 0.934. The van der Waals surface area contributed by atoms with Gasteiger partial charge in [0.1, 0.15) is 0 Å². The van der Waals surface area contributed by atoms with Crippen LogP contribution in [0.25, 0.3) is 0 Å². The zero-order chi connectivity index (χ0) is 25.7. The molecule has 5 rings (SSSR count). The van der Waals surface area contributed by atoms with Crippen molar-refractivity contribution >= 4 is 22.8 Å². The lowest BCUT2D eigenvalue weighted by Gasteiger charge is -2.04. The quantitative estimate of drug-likeness (QED) is 0.392. The number of allylic oxidation sites excluding steroid dienone is 12. The van der Waals surface area contributed by atoms with Crippen molar-refractivity contribution in [2.24, 2.45) is 20.0 Å². The van der Waals surface area contributed by atoms with Gasteiger partial charge in [0.15, 0.2) is 0 Å². The molecule has 0 aromatic heterocycles. The Morgan fingerprint density at radius 3 is 0.750 bits per heavy atom. The first kappa shape index (κ1) is 24.3. The van der Waals surface area contributed by atoms with Crippen molar-refractivity contribution in [2.45, 2.75) is 81.1 Å². The Morgan fingerprint density at radius 2 is 0.583 bits per heavy atom. The van der Waals surface area contributed by atoms with Crippen LogP contribution in [0.4, 0.5) is 0 Å². The lowest BCUT2D eigenvalue weighted by Crippen LogP contribution is -1.98. The molecule has 184 valence electrons. The van der Waals surface area contributed by atoms with Gasteiger partial charge in [-0.2, -0.15) is 0 Å². The van der Waals surface area contributed by atoms with Gasteiger partial charge in [0.25, 0.3) is 0 Å². The SMILES string of the molecule is CCC1=C(C)C2=CC3=NC(=CC4=NC(=CC5=NC(=CC1=N2)C(C)=C5CC)C(C)=C4CC)C(C)=C3CC. The van der Waals surface area contributed by atoms with Gasteiger partial charge in [0.05, 0.1) is 45.6 Å². The maximum absolute atomic E-state index is 5.11. The second-order valence-electron chi connectivity index (χ2n) is 9.93. The number of rotatable bonds is 4. The lowest BCUT2D eigenvalue weighted by atomic mass is 9.97. The molecule has 0 aromatic carbocycles. The molecule has 36 heavy (non-hydrogen) atoms. The van der Waals surface area contributed by atoms with Crippen molar-refractivity contribution < 1.29 is 0 Å². The molecule has 8 bridgehead atoms. The Hall–Kier alpha value is -3.40. The monoisotopic (exact) mass is 476 g/mol. The predicted molar refractivity (Wildman–Crippen MR) is 154 cm³/mol. The van der Waals surface area contributed by atoms with Gasteiger partial charge >= 0.3 is 0 Å². The van der Waals surface area contributed by atoms with Crippen molar-refractivity contribution in [1.29, 1.82) is 0 Å². The molecule has 0 unspecified atom stereocenters. The smallest absolute Gasteiger partial charge is 0.0693 e. The van der Waals surface area contributed by atoms with Crippen molar-refractivity contribution in [3.8, 4) is 0 Å². The van der Waals surface area contributed by atoms with Gasteiger partial charge in [0, 0.05) is 0 Å². The molecule has 4 heteroatoms. The van der Waals surface area contributed by atoms with E-state index < -0.39 is 0 Å². The Balaban J connectivity index is 1.81. The van der Waals surface area contributed by atoms with Crippen LogP contribution in [0.2, 0.25) is 0 Å². The summed E-state index contributed by atoms with van der Waals surface area (Å²) in [5, 5.41) is 0. The maximum Gasteiger partial charge on any atom is 0.0693 e. The standard InChI is InChI=1S/C32H36N4/c1-9-21-17(5)25-14-30-23(11-3)19(7)27(35-30)16-32-24(12-4)20(8)28(36-32)15-31-22(10-2)18(6)26(34-31)13-29(21)33-25/h13-16H,9-12H2,1-8H3. The van der Waals surface area contributed by atoms with E-state index in [0.717, 1.165) is 71.3 Å². The first-order valence-electron chi connectivity index (χ1n) is 13.3. The Labute approximate surface area is 215 Å². The average Bonchev–Trinajstić information content (AvgIpc) is 3.51. The molecule has 0 fully saturated rings. The first-order valence-corrected chi connectivity index (χ1v) is 13.3. The average molecular weight is 477 g/mol. The highest BCUT2D eigenvalue weighted by Gasteiger charge is 2.27. The van der Waals surface area contributed by atoms with Gasteiger partial charge < -0.3 is 0 Å². The minimum Gasteiger partial charge on any atom is -0.248 e. The highest BCUT2D eigenvalue weighted by Crippen LogP contribution is 2.37. The number of hydrogen-bond acceptors (Lipinski definition) is 4. The number of fused-ring (bicyclic) bond motifs is 4. The molecule has 0 radical (unpaired) electrons. The van der Waals surface area contributed by atoms with Crippen LogP contribution in [-0.4, -0.2) is 22.8 Å². The topological polar surface area (TPSA) is 49.4 Å². The fourth-order valence-electron chi connectivity index (χ4n) is 5.85. The number of nitrogens with zero attached hydrogens (tertiary/aromatic N) is 4. The first-order chi connectivity index (χ1) is 17.3. The van der Waals surface area contributed by atoms with Gasteiger partial charge in [-0.05, 0) is 122 Å². The van der Waals surface area contributed by atoms with Gasteiger partial charge in [-0.15, -0.1) is 0 Å². The van der Waals surface area contributed by atoms with E-state index >= 15 is 0 Å². The van der Waals surface area contributed by atoms with Crippen LogP contribution in [0.3, 0.4) is 0 Å². The fourth-order valence-corrected chi connectivity index (χ4v) is 5.85. The second-order valence-corrected chi connectivity index (χ2v) is 9.93. The normalized spacial score (nSPS) is 21.6. The molecule has 0 saturated heterocycles. The zero-order valence-corrected chi connectivity index (χ0v) is 22.9. The summed E-state index contributed by atoms with van der Waals surface area (Å²) in [4.78, 5) is 20.4. The summed E-state index contributed by atoms with van der Waals surface area (Å²) in [6.07, 6.45) is 12.5. The largest absolute Gasteiger partial charge is 0.248 e. The summed E-state index contributed by atoms with van der Waals surface area (Å²) in [6, 6.07) is 0. The molecule has 0 aliphatic carbocycles. The van der Waals surface area contributed by atoms with Gasteiger partial charge in [-0.25, -0.2) is 20.0 Å². The van der Waals surface area contributed by atoms with Gasteiger partial charge in [-0.3, -0.25) is 0 Å². The van der Waals surface area contributed by atoms with E-state index in [1.807, 2.05) is 0 Å². The Bertz CT molecular complexity index is 1240. The lowest BCUT2D eigenvalue weighted by molar-refractivity contribution is 1.14. The molecule has 5 aliphatic heterocycles. The molecule has 4 nitrogen and oxygen atoms in total. The highest BCUT2D eigenvalue weighted by atomic mass is 14.9. The van der Waals surface area contributed by atoms with Crippen molar-refractivity contribution in [3.63, 3.8) is 0 Å². The van der Waals surface area contributed by atoms with E-state index in [4.69, 9.17) is 20.0 Å². The maximum atomic E-state index is 5.11. The molecule has 0 spiro atoms. The van der Waals surface area contributed by atoms with Crippen LogP contribution in [0, 0.1) is 0 Å². The number of aliphatic imine (C=N–C) groups is 4. The van der Waals surface area contributed by atoms with E-state index in [1.54, 1.807) is 0 Å². The third-order valence-electron chi connectivity index (χ3n) is 8.06. The molecule has 5 heterocycles. The van der Waals surface area contributed by atoms with Crippen molar-refractivity contribution in [2.75, 3.05) is 0 Å². The van der Waals surface area contributed by atoms with E-state index in [-0.39, 0.29) is 0 Å². The third-order valence-corrected chi connectivity index (χ3v) is 8.06. The summed E-state index contributed by atoms with van der Waals surface area (Å²) in [7, 11) is 0. The van der Waals surface area contributed by atoms with Crippen molar-refractivity contribution in [1.82, 2.24) is 0 Å². The molecule has 0 amide bonds. The summed E-state index contributed by atoms with van der Waals surface area (Å²) in [6.45, 7) is 17.6. The van der Waals surface area contributed by atoms with Crippen LogP contribution in [-0.2, 0) is 0 Å². The van der Waals surface area contributed by atoms with Crippen LogP contribution in [0.1, 0.15) is 81.1 Å². The fraction of sp³-hybridized carbons (Fsp3) is 0.375. The highest BCUT2D eigenvalue weighted by molar-refractivity contribution is 6.20.